The number of methoxy groups -OCH3 is 1. The second-order valence-electron chi connectivity index (χ2n) is 6.69. The van der Waals surface area contributed by atoms with E-state index < -0.39 is 6.23 Å². The highest BCUT2D eigenvalue weighted by Crippen LogP contribution is 2.42. The molecule has 1 aromatic heterocycles. The molecule has 150 valence electrons. The predicted molar refractivity (Wildman–Crippen MR) is 122 cm³/mol. The van der Waals surface area contributed by atoms with Gasteiger partial charge in [-0.1, -0.05) is 52.0 Å². The summed E-state index contributed by atoms with van der Waals surface area (Å²) in [7, 11) is 1.68. The molecule has 0 aliphatic carbocycles. The number of halogens is 1. The van der Waals surface area contributed by atoms with Gasteiger partial charge in [-0.15, -0.1) is 10.2 Å². The Morgan fingerprint density at radius 1 is 1.07 bits per heavy atom. The van der Waals surface area contributed by atoms with E-state index in [-0.39, 0.29) is 0 Å². The van der Waals surface area contributed by atoms with Crippen molar-refractivity contribution in [2.75, 3.05) is 18.7 Å². The first kappa shape index (κ1) is 19.1. The van der Waals surface area contributed by atoms with Gasteiger partial charge in [0.05, 0.1) is 7.11 Å². The molecule has 3 aromatic carbocycles. The first-order chi connectivity index (χ1) is 14.7. The van der Waals surface area contributed by atoms with Gasteiger partial charge in [-0.3, -0.25) is 0 Å². The number of nitrogens with zero attached hydrogens (tertiary/aromatic N) is 3. The van der Waals surface area contributed by atoms with Crippen LogP contribution in [0.2, 0.25) is 0 Å². The third-order valence-electron chi connectivity index (χ3n) is 4.99. The van der Waals surface area contributed by atoms with Crippen molar-refractivity contribution in [3.05, 3.63) is 64.6 Å². The number of rotatable bonds is 3. The Hall–Kier alpha value is -2.84. The molecule has 0 spiro atoms. The molecule has 1 N–H and O–H groups in total. The third-order valence-corrected chi connectivity index (χ3v) is 6.02. The normalized spacial score (nSPS) is 14.8. The minimum absolute atomic E-state index is 0.448. The Bertz CT molecular complexity index is 1270. The van der Waals surface area contributed by atoms with Crippen molar-refractivity contribution in [3.63, 3.8) is 0 Å². The van der Waals surface area contributed by atoms with E-state index in [1.807, 2.05) is 54.8 Å². The Morgan fingerprint density at radius 3 is 2.70 bits per heavy atom. The number of fused-ring (bicyclic) bond motifs is 4. The van der Waals surface area contributed by atoms with Crippen LogP contribution in [-0.4, -0.2) is 28.5 Å². The van der Waals surface area contributed by atoms with Crippen molar-refractivity contribution < 1.29 is 9.47 Å². The number of aromatic nitrogens is 3. The zero-order valence-corrected chi connectivity index (χ0v) is 18.6. The molecule has 1 aliphatic rings. The van der Waals surface area contributed by atoms with Crippen LogP contribution in [-0.2, 0) is 0 Å². The van der Waals surface area contributed by atoms with E-state index in [0.29, 0.717) is 16.7 Å². The minimum atomic E-state index is -0.464. The lowest BCUT2D eigenvalue weighted by Crippen LogP contribution is -2.17. The molecule has 5 rings (SSSR count). The van der Waals surface area contributed by atoms with E-state index in [0.717, 1.165) is 37.8 Å². The molecule has 1 unspecified atom stereocenters. The largest absolute Gasteiger partial charge is 0.496 e. The summed E-state index contributed by atoms with van der Waals surface area (Å²) < 4.78 is 12.9. The highest BCUT2D eigenvalue weighted by Gasteiger charge is 2.27. The van der Waals surface area contributed by atoms with Gasteiger partial charge in [0.1, 0.15) is 5.75 Å². The van der Waals surface area contributed by atoms with E-state index in [4.69, 9.17) is 9.47 Å². The van der Waals surface area contributed by atoms with Crippen LogP contribution in [0.3, 0.4) is 0 Å². The maximum Gasteiger partial charge on any atom is 0.247 e. The van der Waals surface area contributed by atoms with Crippen LogP contribution >= 0.6 is 27.7 Å². The smallest absolute Gasteiger partial charge is 0.247 e. The van der Waals surface area contributed by atoms with Gasteiger partial charge in [0.15, 0.2) is 11.9 Å². The van der Waals surface area contributed by atoms with Crippen molar-refractivity contribution in [1.82, 2.24) is 15.2 Å². The highest BCUT2D eigenvalue weighted by molar-refractivity contribution is 9.10. The number of anilines is 1. The summed E-state index contributed by atoms with van der Waals surface area (Å²) in [5.74, 6) is 1.27. The fourth-order valence-electron chi connectivity index (χ4n) is 3.60. The van der Waals surface area contributed by atoms with Crippen molar-refractivity contribution in [3.8, 4) is 22.9 Å². The van der Waals surface area contributed by atoms with E-state index >= 15 is 0 Å². The summed E-state index contributed by atoms with van der Waals surface area (Å²) in [6.07, 6.45) is 1.45. The summed E-state index contributed by atoms with van der Waals surface area (Å²) in [4.78, 5) is 4.60. The van der Waals surface area contributed by atoms with Gasteiger partial charge in [0, 0.05) is 26.7 Å². The lowest BCUT2D eigenvalue weighted by molar-refractivity contribution is 0.226. The van der Waals surface area contributed by atoms with E-state index in [2.05, 4.69) is 42.5 Å². The average molecular weight is 481 g/mol. The molecule has 30 heavy (non-hydrogen) atoms. The van der Waals surface area contributed by atoms with Crippen LogP contribution in [0.1, 0.15) is 11.8 Å². The average Bonchev–Trinajstić information content (AvgIpc) is 2.94. The molecule has 2 heterocycles. The number of thioether (sulfide) groups is 1. The molecule has 8 heteroatoms. The fourth-order valence-corrected chi connectivity index (χ4v) is 4.26. The van der Waals surface area contributed by atoms with Gasteiger partial charge >= 0.3 is 0 Å². The molecule has 6 nitrogen and oxygen atoms in total. The Labute approximate surface area is 186 Å². The molecule has 1 atom stereocenters. The molecule has 0 radical (unpaired) electrons. The Morgan fingerprint density at radius 2 is 1.90 bits per heavy atom. The Balaban J connectivity index is 1.72. The second kappa shape index (κ2) is 7.77. The third kappa shape index (κ3) is 3.26. The van der Waals surface area contributed by atoms with Crippen molar-refractivity contribution in [2.45, 2.75) is 11.4 Å². The van der Waals surface area contributed by atoms with Crippen LogP contribution < -0.4 is 14.8 Å². The first-order valence-corrected chi connectivity index (χ1v) is 11.3. The summed E-state index contributed by atoms with van der Waals surface area (Å²) in [6.45, 7) is 0. The SMILES string of the molecule is COc1ccc(C2Nc3ccc(Br)cc3-c3nnc(SC)nc3O2)c2ccccc12. The van der Waals surface area contributed by atoms with Gasteiger partial charge in [-0.2, -0.15) is 4.98 Å². The standard InChI is InChI=1S/C22H17BrN4O2S/c1-28-18-10-8-15(13-5-3-4-6-14(13)18)20-24-17-9-7-12(23)11-16(17)19-21(29-20)25-22(30-2)27-26-19/h3-11,20,24H,1-2H3. The van der Waals surface area contributed by atoms with Crippen LogP contribution in [0.4, 0.5) is 5.69 Å². The first-order valence-electron chi connectivity index (χ1n) is 9.25. The maximum absolute atomic E-state index is 6.40. The number of nitrogens with one attached hydrogen (secondary N) is 1. The van der Waals surface area contributed by atoms with Crippen LogP contribution in [0.5, 0.6) is 11.6 Å². The molecule has 0 bridgehead atoms. The molecule has 0 saturated heterocycles. The van der Waals surface area contributed by atoms with Crippen molar-refractivity contribution in [2.24, 2.45) is 0 Å². The molecule has 4 aromatic rings. The summed E-state index contributed by atoms with van der Waals surface area (Å²) in [5.41, 5.74) is 3.37. The van der Waals surface area contributed by atoms with Gasteiger partial charge in [0.2, 0.25) is 11.0 Å². The van der Waals surface area contributed by atoms with Gasteiger partial charge in [0.25, 0.3) is 0 Å². The summed E-state index contributed by atoms with van der Waals surface area (Å²) in [5, 5.41) is 14.8. The van der Waals surface area contributed by atoms with Crippen LogP contribution in [0.15, 0.2) is 64.2 Å². The highest BCUT2D eigenvalue weighted by atomic mass is 79.9. The fraction of sp³-hybridized carbons (Fsp3) is 0.136. The van der Waals surface area contributed by atoms with E-state index in [9.17, 15) is 0 Å². The van der Waals surface area contributed by atoms with Crippen LogP contribution in [0.25, 0.3) is 22.0 Å². The van der Waals surface area contributed by atoms with Crippen LogP contribution in [0, 0.1) is 0 Å². The predicted octanol–water partition coefficient (Wildman–Crippen LogP) is 5.69. The lowest BCUT2D eigenvalue weighted by atomic mass is 10.0. The maximum atomic E-state index is 6.40. The molecular weight excluding hydrogens is 464 g/mol. The van der Waals surface area contributed by atoms with E-state index in [1.54, 1.807) is 7.11 Å². The topological polar surface area (TPSA) is 69.2 Å². The number of hydrogen-bond acceptors (Lipinski definition) is 7. The zero-order valence-electron chi connectivity index (χ0n) is 16.2. The second-order valence-corrected chi connectivity index (χ2v) is 8.38. The number of hydrogen-bond donors (Lipinski definition) is 1. The lowest BCUT2D eigenvalue weighted by Gasteiger charge is -2.21. The van der Waals surface area contributed by atoms with Crippen molar-refractivity contribution in [1.29, 1.82) is 0 Å². The molecule has 0 amide bonds. The van der Waals surface area contributed by atoms with Gasteiger partial charge < -0.3 is 14.8 Å². The summed E-state index contributed by atoms with van der Waals surface area (Å²) >= 11 is 4.98. The number of benzene rings is 3. The van der Waals surface area contributed by atoms with Gasteiger partial charge in [-0.25, -0.2) is 0 Å². The molecule has 0 fully saturated rings. The zero-order chi connectivity index (χ0) is 20.7. The monoisotopic (exact) mass is 480 g/mol. The minimum Gasteiger partial charge on any atom is -0.496 e. The summed E-state index contributed by atoms with van der Waals surface area (Å²) in [6, 6.07) is 18.1. The molecule has 0 saturated carbocycles. The van der Waals surface area contributed by atoms with E-state index in [1.165, 1.54) is 11.8 Å². The quantitative estimate of drug-likeness (QED) is 0.377. The molecule has 1 aliphatic heterocycles. The molecular formula is C22H17BrN4O2S. The van der Waals surface area contributed by atoms with Gasteiger partial charge in [-0.05, 0) is 42.0 Å². The Kier molecular flexibility index (Phi) is 4.96. The van der Waals surface area contributed by atoms with Crippen molar-refractivity contribution >= 4 is 44.2 Å². The number of ether oxygens (including phenoxy) is 2.